The number of ether oxygens (including phenoxy) is 1. The standard InChI is InChI=1S/C17H22N4O/c1-21(12-4-6-14-7-5-13-22-14)17-19-11-9-16(20-17)15-8-2-3-10-18-15/h2-3,8-11,14H,4-7,12-13H2,1H3/t14-/m0/s1. The maximum atomic E-state index is 5.66. The lowest BCUT2D eigenvalue weighted by Gasteiger charge is -2.18. The molecule has 0 saturated carbocycles. The predicted molar refractivity (Wildman–Crippen MR) is 86.7 cm³/mol. The third-order valence-corrected chi connectivity index (χ3v) is 3.96. The van der Waals surface area contributed by atoms with E-state index in [2.05, 4.69) is 19.9 Å². The van der Waals surface area contributed by atoms with Gasteiger partial charge in [0.05, 0.1) is 17.5 Å². The predicted octanol–water partition coefficient (Wildman–Crippen LogP) is 2.93. The number of aromatic nitrogens is 3. The first-order chi connectivity index (χ1) is 10.8. The molecule has 3 rings (SSSR count). The van der Waals surface area contributed by atoms with Gasteiger partial charge in [-0.15, -0.1) is 0 Å². The summed E-state index contributed by atoms with van der Waals surface area (Å²) in [6.45, 7) is 1.86. The van der Waals surface area contributed by atoms with Gasteiger partial charge < -0.3 is 9.64 Å². The summed E-state index contributed by atoms with van der Waals surface area (Å²) in [5.41, 5.74) is 1.73. The van der Waals surface area contributed by atoms with Crippen molar-refractivity contribution in [2.45, 2.75) is 31.8 Å². The quantitative estimate of drug-likeness (QED) is 0.820. The van der Waals surface area contributed by atoms with Gasteiger partial charge in [0.2, 0.25) is 5.95 Å². The van der Waals surface area contributed by atoms with Gasteiger partial charge in [-0.2, -0.15) is 0 Å². The Balaban J connectivity index is 1.59. The highest BCUT2D eigenvalue weighted by molar-refractivity contribution is 5.54. The molecule has 1 atom stereocenters. The molecule has 0 N–H and O–H groups in total. The molecule has 2 aromatic rings. The van der Waals surface area contributed by atoms with Crippen LogP contribution in [0.1, 0.15) is 25.7 Å². The first-order valence-corrected chi connectivity index (χ1v) is 7.90. The normalized spacial score (nSPS) is 17.6. The number of hydrogen-bond acceptors (Lipinski definition) is 5. The molecule has 0 radical (unpaired) electrons. The third kappa shape index (κ3) is 3.80. The molecule has 2 aromatic heterocycles. The van der Waals surface area contributed by atoms with Gasteiger partial charge >= 0.3 is 0 Å². The molecule has 1 saturated heterocycles. The van der Waals surface area contributed by atoms with Crippen LogP contribution in [0, 0.1) is 0 Å². The van der Waals surface area contributed by atoms with Gasteiger partial charge in [0, 0.05) is 32.6 Å². The molecule has 1 aliphatic heterocycles. The van der Waals surface area contributed by atoms with Crippen LogP contribution in [-0.4, -0.2) is 41.3 Å². The van der Waals surface area contributed by atoms with E-state index >= 15 is 0 Å². The van der Waals surface area contributed by atoms with E-state index in [1.165, 1.54) is 12.8 Å². The van der Waals surface area contributed by atoms with Gasteiger partial charge in [-0.3, -0.25) is 4.98 Å². The van der Waals surface area contributed by atoms with Crippen LogP contribution in [0.2, 0.25) is 0 Å². The Morgan fingerprint density at radius 1 is 1.18 bits per heavy atom. The van der Waals surface area contributed by atoms with Crippen LogP contribution < -0.4 is 4.90 Å². The Bertz CT molecular complexity index is 584. The molecule has 116 valence electrons. The molecule has 1 aliphatic rings. The summed E-state index contributed by atoms with van der Waals surface area (Å²) in [6.07, 6.45) is 8.65. The second-order valence-corrected chi connectivity index (χ2v) is 5.66. The van der Waals surface area contributed by atoms with E-state index in [0.717, 1.165) is 43.3 Å². The van der Waals surface area contributed by atoms with E-state index in [-0.39, 0.29) is 0 Å². The first kappa shape index (κ1) is 14.9. The van der Waals surface area contributed by atoms with Crippen molar-refractivity contribution in [3.63, 3.8) is 0 Å². The fourth-order valence-electron chi connectivity index (χ4n) is 2.72. The zero-order chi connectivity index (χ0) is 15.2. The van der Waals surface area contributed by atoms with Crippen molar-refractivity contribution in [2.75, 3.05) is 25.1 Å². The van der Waals surface area contributed by atoms with Gasteiger partial charge in [0.25, 0.3) is 0 Å². The fourth-order valence-corrected chi connectivity index (χ4v) is 2.72. The van der Waals surface area contributed by atoms with Gasteiger partial charge in [-0.25, -0.2) is 9.97 Å². The summed E-state index contributed by atoms with van der Waals surface area (Å²) >= 11 is 0. The van der Waals surface area contributed by atoms with E-state index in [1.54, 1.807) is 12.4 Å². The second kappa shape index (κ2) is 7.31. The summed E-state index contributed by atoms with van der Waals surface area (Å²) in [7, 11) is 2.03. The van der Waals surface area contributed by atoms with Crippen LogP contribution in [0.15, 0.2) is 36.7 Å². The van der Waals surface area contributed by atoms with Gasteiger partial charge in [-0.05, 0) is 43.9 Å². The van der Waals surface area contributed by atoms with Crippen molar-refractivity contribution < 1.29 is 4.74 Å². The SMILES string of the molecule is CN(CCC[C@H]1CCCO1)c1nccc(-c2ccccn2)n1. The smallest absolute Gasteiger partial charge is 0.225 e. The largest absolute Gasteiger partial charge is 0.378 e. The molecule has 5 heteroatoms. The van der Waals surface area contributed by atoms with Crippen molar-refractivity contribution in [3.8, 4) is 11.4 Å². The topological polar surface area (TPSA) is 51.1 Å². The zero-order valence-electron chi connectivity index (χ0n) is 13.0. The van der Waals surface area contributed by atoms with Gasteiger partial charge in [0.1, 0.15) is 0 Å². The van der Waals surface area contributed by atoms with E-state index in [0.29, 0.717) is 6.10 Å². The zero-order valence-corrected chi connectivity index (χ0v) is 13.0. The molecular weight excluding hydrogens is 276 g/mol. The van der Waals surface area contributed by atoms with Crippen molar-refractivity contribution in [2.24, 2.45) is 0 Å². The van der Waals surface area contributed by atoms with Crippen molar-refractivity contribution in [3.05, 3.63) is 36.7 Å². The summed E-state index contributed by atoms with van der Waals surface area (Å²) < 4.78 is 5.66. The Morgan fingerprint density at radius 3 is 2.91 bits per heavy atom. The number of anilines is 1. The minimum atomic E-state index is 0.453. The Labute approximate surface area is 131 Å². The summed E-state index contributed by atoms with van der Waals surface area (Å²) in [6, 6.07) is 7.73. The molecule has 0 unspecified atom stereocenters. The molecule has 0 aliphatic carbocycles. The van der Waals surface area contributed by atoms with Crippen molar-refractivity contribution in [1.29, 1.82) is 0 Å². The summed E-state index contributed by atoms with van der Waals surface area (Å²) in [4.78, 5) is 15.4. The van der Waals surface area contributed by atoms with E-state index in [1.807, 2.05) is 31.3 Å². The highest BCUT2D eigenvalue weighted by atomic mass is 16.5. The molecule has 5 nitrogen and oxygen atoms in total. The number of hydrogen-bond donors (Lipinski definition) is 0. The van der Waals surface area contributed by atoms with Crippen LogP contribution in [0.5, 0.6) is 0 Å². The molecule has 0 aromatic carbocycles. The van der Waals surface area contributed by atoms with Crippen LogP contribution in [0.25, 0.3) is 11.4 Å². The lowest BCUT2D eigenvalue weighted by Crippen LogP contribution is -2.22. The Hall–Kier alpha value is -2.01. The number of pyridine rings is 1. The molecule has 3 heterocycles. The van der Waals surface area contributed by atoms with Crippen LogP contribution >= 0.6 is 0 Å². The second-order valence-electron chi connectivity index (χ2n) is 5.66. The Morgan fingerprint density at radius 2 is 2.14 bits per heavy atom. The first-order valence-electron chi connectivity index (χ1n) is 7.90. The minimum absolute atomic E-state index is 0.453. The third-order valence-electron chi connectivity index (χ3n) is 3.96. The lowest BCUT2D eigenvalue weighted by atomic mass is 10.1. The van der Waals surface area contributed by atoms with E-state index < -0.39 is 0 Å². The average Bonchev–Trinajstić information content (AvgIpc) is 3.09. The molecule has 22 heavy (non-hydrogen) atoms. The Kier molecular flexibility index (Phi) is 4.96. The molecule has 0 spiro atoms. The van der Waals surface area contributed by atoms with Crippen molar-refractivity contribution in [1.82, 2.24) is 15.0 Å². The van der Waals surface area contributed by atoms with Crippen molar-refractivity contribution >= 4 is 5.95 Å². The van der Waals surface area contributed by atoms with Gasteiger partial charge in [-0.1, -0.05) is 6.07 Å². The average molecular weight is 298 g/mol. The summed E-state index contributed by atoms with van der Waals surface area (Å²) in [5.74, 6) is 0.746. The van der Waals surface area contributed by atoms with Crippen LogP contribution in [-0.2, 0) is 4.74 Å². The minimum Gasteiger partial charge on any atom is -0.378 e. The molecule has 0 bridgehead atoms. The molecular formula is C17H22N4O. The maximum absolute atomic E-state index is 5.66. The van der Waals surface area contributed by atoms with Gasteiger partial charge in [0.15, 0.2) is 0 Å². The molecule has 0 amide bonds. The maximum Gasteiger partial charge on any atom is 0.225 e. The number of nitrogens with zero attached hydrogens (tertiary/aromatic N) is 4. The summed E-state index contributed by atoms with van der Waals surface area (Å²) in [5, 5.41) is 0. The van der Waals surface area contributed by atoms with E-state index in [9.17, 15) is 0 Å². The highest BCUT2D eigenvalue weighted by Gasteiger charge is 2.15. The highest BCUT2D eigenvalue weighted by Crippen LogP contribution is 2.18. The monoisotopic (exact) mass is 298 g/mol. The lowest BCUT2D eigenvalue weighted by molar-refractivity contribution is 0.103. The van der Waals surface area contributed by atoms with Crippen LogP contribution in [0.4, 0.5) is 5.95 Å². The van der Waals surface area contributed by atoms with E-state index in [4.69, 9.17) is 4.74 Å². The molecule has 1 fully saturated rings. The fraction of sp³-hybridized carbons (Fsp3) is 0.471. The number of rotatable bonds is 6. The van der Waals surface area contributed by atoms with Crippen LogP contribution in [0.3, 0.4) is 0 Å².